The van der Waals surface area contributed by atoms with Crippen LogP contribution in [0.4, 0.5) is 13.2 Å². The highest BCUT2D eigenvalue weighted by molar-refractivity contribution is 7.89. The minimum atomic E-state index is -4.21. The van der Waals surface area contributed by atoms with Crippen LogP contribution in [0, 0.1) is 0 Å². The van der Waals surface area contributed by atoms with Gasteiger partial charge in [0.25, 0.3) is 5.92 Å². The predicted molar refractivity (Wildman–Crippen MR) is 39.6 cm³/mol. The smallest absolute Gasteiger partial charge is 0.277 e. The molecule has 4 nitrogen and oxygen atoms in total. The van der Waals surface area contributed by atoms with E-state index < -0.39 is 34.5 Å². The highest BCUT2D eigenvalue weighted by Crippen LogP contribution is 2.22. The number of rotatable bonds is 3. The molecule has 1 rings (SSSR count). The fraction of sp³-hybridized carbons (Fsp3) is 1.00. The van der Waals surface area contributed by atoms with Crippen LogP contribution in [0.3, 0.4) is 0 Å². The molecule has 1 heterocycles. The summed E-state index contributed by atoms with van der Waals surface area (Å²) in [5, 5.41) is 2.31. The Hall–Kier alpha value is -0.340. The minimum Gasteiger partial charge on any atom is -0.309 e. The summed E-state index contributed by atoms with van der Waals surface area (Å²) in [6.07, 6.45) is 0. The molecular formula is C5H9F3N2O2S. The number of hydrogen-bond acceptors (Lipinski definition) is 3. The van der Waals surface area contributed by atoms with Crippen molar-refractivity contribution < 1.29 is 21.6 Å². The average Bonchev–Trinajstić information content (AvgIpc) is 2.31. The topological polar surface area (TPSA) is 58.2 Å². The molecule has 1 aliphatic heterocycles. The zero-order valence-electron chi connectivity index (χ0n) is 6.56. The average molecular weight is 218 g/mol. The lowest BCUT2D eigenvalue weighted by Crippen LogP contribution is -2.46. The van der Waals surface area contributed by atoms with Gasteiger partial charge in [0.2, 0.25) is 16.0 Å². The molecule has 1 saturated heterocycles. The Kier molecular flexibility index (Phi) is 2.83. The van der Waals surface area contributed by atoms with E-state index in [0.29, 0.717) is 0 Å². The summed E-state index contributed by atoms with van der Waals surface area (Å²) in [5.74, 6) is -3.15. The number of halogens is 3. The van der Waals surface area contributed by atoms with Crippen LogP contribution >= 0.6 is 0 Å². The standard InChI is InChI=1S/C5H9F3N2O2S/c6-3-13(11,12)10-4-1-9-2-5(4,7)8/h4,9-10H,1-3H2/t4-/m1/s1. The normalized spacial score (nSPS) is 27.8. The van der Waals surface area contributed by atoms with Gasteiger partial charge in [-0.15, -0.1) is 0 Å². The van der Waals surface area contributed by atoms with Gasteiger partial charge in [-0.25, -0.2) is 26.3 Å². The molecule has 8 heteroatoms. The summed E-state index contributed by atoms with van der Waals surface area (Å²) in [6, 6.07) is -3.23. The summed E-state index contributed by atoms with van der Waals surface area (Å²) in [4.78, 5) is 0. The summed E-state index contributed by atoms with van der Waals surface area (Å²) >= 11 is 0. The first-order chi connectivity index (χ1) is 5.87. The largest absolute Gasteiger partial charge is 0.309 e. The third-order valence-corrected chi connectivity index (χ3v) is 2.62. The van der Waals surface area contributed by atoms with Crippen molar-refractivity contribution in [3.8, 4) is 0 Å². The molecule has 0 spiro atoms. The Morgan fingerprint density at radius 3 is 2.54 bits per heavy atom. The molecule has 0 amide bonds. The lowest BCUT2D eigenvalue weighted by molar-refractivity contribution is 0.00323. The predicted octanol–water partition coefficient (Wildman–Crippen LogP) is -0.560. The van der Waals surface area contributed by atoms with E-state index in [4.69, 9.17) is 0 Å². The molecule has 0 unspecified atom stereocenters. The summed E-state index contributed by atoms with van der Waals surface area (Å²) in [7, 11) is -4.21. The summed E-state index contributed by atoms with van der Waals surface area (Å²) in [5.41, 5.74) is 0. The zero-order chi connectivity index (χ0) is 10.1. The molecule has 0 aliphatic carbocycles. The van der Waals surface area contributed by atoms with Gasteiger partial charge in [-0.1, -0.05) is 0 Å². The molecule has 1 fully saturated rings. The van der Waals surface area contributed by atoms with Crippen molar-refractivity contribution in [1.82, 2.24) is 10.0 Å². The SMILES string of the molecule is O=S(=O)(CF)N[C@@H]1CNCC1(F)F. The molecule has 0 saturated carbocycles. The second kappa shape index (κ2) is 3.43. The van der Waals surface area contributed by atoms with Gasteiger partial charge in [0.05, 0.1) is 12.6 Å². The van der Waals surface area contributed by atoms with E-state index in [0.717, 1.165) is 0 Å². The molecule has 78 valence electrons. The number of alkyl halides is 3. The van der Waals surface area contributed by atoms with Crippen molar-refractivity contribution in [2.75, 3.05) is 19.1 Å². The lowest BCUT2D eigenvalue weighted by atomic mass is 10.2. The van der Waals surface area contributed by atoms with Crippen LogP contribution in [0.15, 0.2) is 0 Å². The van der Waals surface area contributed by atoms with Gasteiger partial charge in [0.1, 0.15) is 0 Å². The first-order valence-electron chi connectivity index (χ1n) is 3.52. The van der Waals surface area contributed by atoms with E-state index in [1.807, 2.05) is 0 Å². The molecule has 0 aromatic carbocycles. The van der Waals surface area contributed by atoms with E-state index in [2.05, 4.69) is 5.32 Å². The third kappa shape index (κ3) is 2.55. The van der Waals surface area contributed by atoms with Crippen molar-refractivity contribution in [2.24, 2.45) is 0 Å². The van der Waals surface area contributed by atoms with E-state index in [1.165, 1.54) is 0 Å². The van der Waals surface area contributed by atoms with Gasteiger partial charge >= 0.3 is 0 Å². The minimum absolute atomic E-state index is 0.188. The van der Waals surface area contributed by atoms with Crippen LogP contribution in [0.5, 0.6) is 0 Å². The van der Waals surface area contributed by atoms with E-state index in [1.54, 1.807) is 4.72 Å². The Balaban J connectivity index is 2.65. The monoisotopic (exact) mass is 218 g/mol. The first kappa shape index (κ1) is 10.7. The van der Waals surface area contributed by atoms with Gasteiger partial charge < -0.3 is 5.32 Å². The van der Waals surface area contributed by atoms with Crippen LogP contribution in [-0.2, 0) is 10.0 Å². The Bertz CT molecular complexity index is 280. The van der Waals surface area contributed by atoms with Crippen LogP contribution in [-0.4, -0.2) is 39.5 Å². The quantitative estimate of drug-likeness (QED) is 0.667. The molecule has 0 aromatic heterocycles. The summed E-state index contributed by atoms with van der Waals surface area (Å²) < 4.78 is 60.1. The van der Waals surface area contributed by atoms with E-state index in [9.17, 15) is 21.6 Å². The van der Waals surface area contributed by atoms with Gasteiger partial charge in [-0.3, -0.25) is 0 Å². The van der Waals surface area contributed by atoms with Crippen molar-refractivity contribution in [2.45, 2.75) is 12.0 Å². The van der Waals surface area contributed by atoms with Crippen LogP contribution in [0.2, 0.25) is 0 Å². The van der Waals surface area contributed by atoms with Crippen LogP contribution in [0.25, 0.3) is 0 Å². The Labute approximate surface area is 73.6 Å². The van der Waals surface area contributed by atoms with Gasteiger partial charge in [0.15, 0.2) is 0 Å². The van der Waals surface area contributed by atoms with Gasteiger partial charge in [0, 0.05) is 6.54 Å². The first-order valence-corrected chi connectivity index (χ1v) is 5.17. The second-order valence-corrected chi connectivity index (χ2v) is 4.47. The molecule has 0 bridgehead atoms. The number of nitrogens with one attached hydrogen (secondary N) is 2. The number of hydrogen-bond donors (Lipinski definition) is 2. The van der Waals surface area contributed by atoms with Crippen molar-refractivity contribution >= 4 is 10.0 Å². The molecular weight excluding hydrogens is 209 g/mol. The van der Waals surface area contributed by atoms with Crippen molar-refractivity contribution in [1.29, 1.82) is 0 Å². The molecule has 0 aromatic rings. The fourth-order valence-corrected chi connectivity index (χ4v) is 1.78. The zero-order valence-corrected chi connectivity index (χ0v) is 7.37. The fourth-order valence-electron chi connectivity index (χ4n) is 1.03. The van der Waals surface area contributed by atoms with Crippen molar-refractivity contribution in [3.63, 3.8) is 0 Å². The second-order valence-electron chi connectivity index (χ2n) is 2.79. The maximum atomic E-state index is 12.8. The van der Waals surface area contributed by atoms with Crippen molar-refractivity contribution in [3.05, 3.63) is 0 Å². The highest BCUT2D eigenvalue weighted by Gasteiger charge is 2.45. The van der Waals surface area contributed by atoms with Gasteiger partial charge in [-0.05, 0) is 0 Å². The molecule has 1 aliphatic rings. The number of sulfonamides is 1. The lowest BCUT2D eigenvalue weighted by Gasteiger charge is -2.17. The molecule has 13 heavy (non-hydrogen) atoms. The molecule has 2 N–H and O–H groups in total. The third-order valence-electron chi connectivity index (χ3n) is 1.68. The van der Waals surface area contributed by atoms with Gasteiger partial charge in [-0.2, -0.15) is 0 Å². The molecule has 0 radical (unpaired) electrons. The molecule has 1 atom stereocenters. The maximum absolute atomic E-state index is 12.8. The highest BCUT2D eigenvalue weighted by atomic mass is 32.2. The maximum Gasteiger partial charge on any atom is 0.277 e. The van der Waals surface area contributed by atoms with E-state index in [-0.39, 0.29) is 6.54 Å². The summed E-state index contributed by atoms with van der Waals surface area (Å²) in [6.45, 7) is -0.779. The Morgan fingerprint density at radius 2 is 2.15 bits per heavy atom. The van der Waals surface area contributed by atoms with Crippen LogP contribution in [0.1, 0.15) is 0 Å². The van der Waals surface area contributed by atoms with E-state index >= 15 is 0 Å². The Morgan fingerprint density at radius 1 is 1.54 bits per heavy atom. The van der Waals surface area contributed by atoms with Crippen LogP contribution < -0.4 is 10.0 Å².